The molecule has 6 heteroatoms. The second kappa shape index (κ2) is 8.81. The number of aromatic nitrogens is 2. The van der Waals surface area contributed by atoms with Gasteiger partial charge < -0.3 is 9.64 Å². The van der Waals surface area contributed by atoms with Crippen LogP contribution in [-0.2, 0) is 4.79 Å². The van der Waals surface area contributed by atoms with E-state index in [1.807, 2.05) is 36.5 Å². The minimum Gasteiger partial charge on any atom is -0.484 e. The van der Waals surface area contributed by atoms with Gasteiger partial charge in [-0.05, 0) is 36.4 Å². The summed E-state index contributed by atoms with van der Waals surface area (Å²) in [6.45, 7) is -0.0703. The summed E-state index contributed by atoms with van der Waals surface area (Å²) in [5.74, 6) is 0.176. The maximum Gasteiger partial charge on any atom is 0.259 e. The molecule has 1 aromatic heterocycles. The van der Waals surface area contributed by atoms with E-state index in [-0.39, 0.29) is 18.3 Å². The number of likely N-dealkylation sites (N-methyl/N-ethyl adjacent to an activating group) is 1. The van der Waals surface area contributed by atoms with Crippen LogP contribution in [0.4, 0.5) is 0 Å². The highest BCUT2D eigenvalue weighted by molar-refractivity contribution is 6.07. The number of benzene rings is 2. The van der Waals surface area contributed by atoms with E-state index in [9.17, 15) is 9.59 Å². The summed E-state index contributed by atoms with van der Waals surface area (Å²) in [7, 11) is 3.33. The van der Waals surface area contributed by atoms with Crippen molar-refractivity contribution in [3.05, 3.63) is 84.2 Å². The molecule has 1 heterocycles. The number of carbonyl (C=O) groups excluding carboxylic acids is 2. The lowest BCUT2D eigenvalue weighted by Gasteiger charge is -2.11. The molecule has 0 saturated carbocycles. The second-order valence-electron chi connectivity index (χ2n) is 6.36. The van der Waals surface area contributed by atoms with E-state index < -0.39 is 0 Å². The Balaban J connectivity index is 1.65. The molecule has 1 amide bonds. The van der Waals surface area contributed by atoms with E-state index in [4.69, 9.17) is 4.74 Å². The molecular weight excluding hydrogens is 354 g/mol. The van der Waals surface area contributed by atoms with Crippen molar-refractivity contribution in [1.82, 2.24) is 14.7 Å². The van der Waals surface area contributed by atoms with Gasteiger partial charge in [0.05, 0.1) is 11.9 Å². The topological polar surface area (TPSA) is 64.4 Å². The summed E-state index contributed by atoms with van der Waals surface area (Å²) in [4.78, 5) is 25.5. The molecule has 0 aliphatic carbocycles. The lowest BCUT2D eigenvalue weighted by molar-refractivity contribution is -0.130. The van der Waals surface area contributed by atoms with Gasteiger partial charge >= 0.3 is 0 Å². The first-order chi connectivity index (χ1) is 13.5. The highest BCUT2D eigenvalue weighted by Crippen LogP contribution is 2.15. The molecule has 0 atom stereocenters. The molecule has 3 rings (SSSR count). The largest absolute Gasteiger partial charge is 0.484 e. The third kappa shape index (κ3) is 4.94. The van der Waals surface area contributed by atoms with E-state index >= 15 is 0 Å². The van der Waals surface area contributed by atoms with Gasteiger partial charge in [0.15, 0.2) is 12.4 Å². The number of hydrogen-bond acceptors (Lipinski definition) is 4. The van der Waals surface area contributed by atoms with Crippen molar-refractivity contribution in [2.75, 3.05) is 20.7 Å². The van der Waals surface area contributed by atoms with Crippen molar-refractivity contribution < 1.29 is 14.3 Å². The van der Waals surface area contributed by atoms with Crippen LogP contribution in [0.2, 0.25) is 0 Å². The Kier molecular flexibility index (Phi) is 6.01. The molecule has 0 saturated heterocycles. The third-order valence-corrected chi connectivity index (χ3v) is 4.03. The standard InChI is InChI=1S/C22H21N3O3/c1-24(2)22(27)16-28-20-10-6-7-18(13-20)21(26)12-11-17-14-23-25(15-17)19-8-4-3-5-9-19/h3-15H,16H2,1-2H3. The highest BCUT2D eigenvalue weighted by atomic mass is 16.5. The fraction of sp³-hybridized carbons (Fsp3) is 0.136. The van der Waals surface area contributed by atoms with Crippen molar-refractivity contribution >= 4 is 17.8 Å². The van der Waals surface area contributed by atoms with Crippen molar-refractivity contribution in [3.63, 3.8) is 0 Å². The molecule has 0 aliphatic rings. The average Bonchev–Trinajstić information content (AvgIpc) is 3.20. The van der Waals surface area contributed by atoms with E-state index in [0.29, 0.717) is 11.3 Å². The van der Waals surface area contributed by atoms with Gasteiger partial charge in [-0.1, -0.05) is 30.3 Å². The fourth-order valence-corrected chi connectivity index (χ4v) is 2.43. The Morgan fingerprint density at radius 3 is 2.64 bits per heavy atom. The van der Waals surface area contributed by atoms with Crippen LogP contribution in [0.3, 0.4) is 0 Å². The van der Waals surface area contributed by atoms with E-state index in [0.717, 1.165) is 11.3 Å². The molecule has 0 aliphatic heterocycles. The molecule has 0 radical (unpaired) electrons. The van der Waals surface area contributed by atoms with Gasteiger partial charge in [0.1, 0.15) is 5.75 Å². The van der Waals surface area contributed by atoms with Crippen LogP contribution in [0, 0.1) is 0 Å². The van der Waals surface area contributed by atoms with Crippen LogP contribution >= 0.6 is 0 Å². The number of nitrogens with zero attached hydrogens (tertiary/aromatic N) is 3. The number of ketones is 1. The van der Waals surface area contributed by atoms with Gasteiger partial charge in [-0.15, -0.1) is 0 Å². The Morgan fingerprint density at radius 2 is 1.89 bits per heavy atom. The number of ether oxygens (including phenoxy) is 1. The van der Waals surface area contributed by atoms with E-state index in [1.165, 1.54) is 11.0 Å². The minimum atomic E-state index is -0.156. The lowest BCUT2D eigenvalue weighted by Crippen LogP contribution is -2.27. The van der Waals surface area contributed by atoms with Gasteiger partial charge in [-0.3, -0.25) is 9.59 Å². The number of hydrogen-bond donors (Lipinski definition) is 0. The SMILES string of the molecule is CN(C)C(=O)COc1cccc(C(=O)C=Cc2cnn(-c3ccccc3)c2)c1. The first-order valence-corrected chi connectivity index (χ1v) is 8.78. The molecule has 0 bridgehead atoms. The van der Waals surface area contributed by atoms with Crippen molar-refractivity contribution in [1.29, 1.82) is 0 Å². The maximum atomic E-state index is 12.4. The summed E-state index contributed by atoms with van der Waals surface area (Å²) in [5.41, 5.74) is 2.26. The van der Waals surface area contributed by atoms with Gasteiger partial charge in [0.25, 0.3) is 5.91 Å². The molecule has 0 unspecified atom stereocenters. The Morgan fingerprint density at radius 1 is 1.11 bits per heavy atom. The molecule has 28 heavy (non-hydrogen) atoms. The van der Waals surface area contributed by atoms with Gasteiger partial charge in [-0.25, -0.2) is 4.68 Å². The molecular formula is C22H21N3O3. The monoisotopic (exact) mass is 375 g/mol. The predicted octanol–water partition coefficient (Wildman–Crippen LogP) is 3.24. The Labute approximate surface area is 163 Å². The number of rotatable bonds is 7. The Bertz CT molecular complexity index is 991. The van der Waals surface area contributed by atoms with Gasteiger partial charge in [0.2, 0.25) is 0 Å². The van der Waals surface area contributed by atoms with Crippen molar-refractivity contribution in [2.45, 2.75) is 0 Å². The number of para-hydroxylation sites is 1. The summed E-state index contributed by atoms with van der Waals surface area (Å²) in [6.07, 6.45) is 6.77. The minimum absolute atomic E-state index is 0.0703. The van der Waals surface area contributed by atoms with Crippen molar-refractivity contribution in [3.8, 4) is 11.4 Å². The van der Waals surface area contributed by atoms with Crippen LogP contribution in [0.25, 0.3) is 11.8 Å². The van der Waals surface area contributed by atoms with Crippen LogP contribution in [0.5, 0.6) is 5.75 Å². The average molecular weight is 375 g/mol. The molecule has 142 valence electrons. The molecule has 3 aromatic rings. The van der Waals surface area contributed by atoms with Crippen molar-refractivity contribution in [2.24, 2.45) is 0 Å². The second-order valence-corrected chi connectivity index (χ2v) is 6.36. The first-order valence-electron chi connectivity index (χ1n) is 8.78. The summed E-state index contributed by atoms with van der Waals surface area (Å²) < 4.78 is 7.20. The summed E-state index contributed by atoms with van der Waals surface area (Å²) in [5, 5.41) is 4.30. The molecule has 0 fully saturated rings. The van der Waals surface area contributed by atoms with Gasteiger partial charge in [0, 0.05) is 31.4 Å². The van der Waals surface area contributed by atoms with Crippen LogP contribution in [0.1, 0.15) is 15.9 Å². The predicted molar refractivity (Wildman–Crippen MR) is 108 cm³/mol. The first kappa shape index (κ1) is 19.1. The lowest BCUT2D eigenvalue weighted by atomic mass is 10.1. The van der Waals surface area contributed by atoms with E-state index in [2.05, 4.69) is 5.10 Å². The summed E-state index contributed by atoms with van der Waals surface area (Å²) in [6, 6.07) is 16.5. The van der Waals surface area contributed by atoms with Crippen LogP contribution in [-0.4, -0.2) is 47.1 Å². The zero-order chi connectivity index (χ0) is 19.9. The molecule has 0 N–H and O–H groups in total. The number of amides is 1. The number of allylic oxidation sites excluding steroid dienone is 1. The van der Waals surface area contributed by atoms with Gasteiger partial charge in [-0.2, -0.15) is 5.10 Å². The molecule has 0 spiro atoms. The molecule has 6 nitrogen and oxygen atoms in total. The maximum absolute atomic E-state index is 12.4. The normalized spacial score (nSPS) is 10.8. The van der Waals surface area contributed by atoms with E-state index in [1.54, 1.807) is 55.3 Å². The highest BCUT2D eigenvalue weighted by Gasteiger charge is 2.07. The zero-order valence-corrected chi connectivity index (χ0v) is 15.8. The summed E-state index contributed by atoms with van der Waals surface area (Å²) >= 11 is 0. The quantitative estimate of drug-likeness (QED) is 0.470. The third-order valence-electron chi connectivity index (χ3n) is 4.03. The van der Waals surface area contributed by atoms with Crippen LogP contribution < -0.4 is 4.74 Å². The molecule has 2 aromatic carbocycles. The number of carbonyl (C=O) groups is 2. The van der Waals surface area contributed by atoms with Crippen LogP contribution in [0.15, 0.2) is 73.1 Å². The zero-order valence-electron chi connectivity index (χ0n) is 15.8. The smallest absolute Gasteiger partial charge is 0.259 e. The fourth-order valence-electron chi connectivity index (χ4n) is 2.43. The Hall–Kier alpha value is -3.67.